The quantitative estimate of drug-likeness (QED) is 0.822. The maximum Gasteiger partial charge on any atom is 0.243 e. The van der Waals surface area contributed by atoms with Gasteiger partial charge in [0, 0.05) is 25.1 Å². The Labute approximate surface area is 153 Å². The Hall–Kier alpha value is -2.38. The van der Waals surface area contributed by atoms with Crippen LogP contribution in [-0.4, -0.2) is 39.3 Å². The van der Waals surface area contributed by atoms with Gasteiger partial charge in [0.15, 0.2) is 5.78 Å². The summed E-state index contributed by atoms with van der Waals surface area (Å²) in [6.45, 7) is 2.06. The van der Waals surface area contributed by atoms with Crippen LogP contribution < -0.4 is 9.47 Å². The molecular formula is C19H21NO5S. The molecule has 0 saturated heterocycles. The number of sulfonamides is 1. The van der Waals surface area contributed by atoms with Crippen molar-refractivity contribution >= 4 is 15.8 Å². The highest BCUT2D eigenvalue weighted by molar-refractivity contribution is 7.89. The first kappa shape index (κ1) is 18.4. The van der Waals surface area contributed by atoms with Crippen LogP contribution in [0.4, 0.5) is 0 Å². The summed E-state index contributed by atoms with van der Waals surface area (Å²) >= 11 is 0. The predicted octanol–water partition coefficient (Wildman–Crippen LogP) is 2.79. The van der Waals surface area contributed by atoms with Gasteiger partial charge in [0.25, 0.3) is 0 Å². The third kappa shape index (κ3) is 3.20. The molecule has 1 aliphatic heterocycles. The minimum Gasteiger partial charge on any atom is -0.496 e. The topological polar surface area (TPSA) is 72.9 Å². The number of benzene rings is 2. The Morgan fingerprint density at radius 1 is 0.962 bits per heavy atom. The minimum atomic E-state index is -3.73. The number of ketones is 1. The normalized spacial score (nSPS) is 15.3. The van der Waals surface area contributed by atoms with Gasteiger partial charge in [-0.3, -0.25) is 4.79 Å². The van der Waals surface area contributed by atoms with Crippen molar-refractivity contribution in [3.63, 3.8) is 0 Å². The van der Waals surface area contributed by atoms with E-state index in [0.717, 1.165) is 5.56 Å². The maximum absolute atomic E-state index is 13.1. The molecule has 1 heterocycles. The standard InChI is InChI=1S/C19H21NO5S/c1-13-4-6-14(7-5-13)26(22,23)20-11-10-16(21)19-15(12-20)17(24-2)8-9-18(19)25-3/h4-9H,10-12H2,1-3H3. The van der Waals surface area contributed by atoms with Crippen molar-refractivity contribution in [1.29, 1.82) is 0 Å². The maximum atomic E-state index is 13.1. The van der Waals surface area contributed by atoms with Gasteiger partial charge >= 0.3 is 0 Å². The van der Waals surface area contributed by atoms with E-state index in [0.29, 0.717) is 22.6 Å². The second-order valence-corrected chi connectivity index (χ2v) is 8.09. The molecular weight excluding hydrogens is 354 g/mol. The molecule has 7 heteroatoms. The van der Waals surface area contributed by atoms with E-state index in [2.05, 4.69) is 0 Å². The van der Waals surface area contributed by atoms with E-state index in [1.807, 2.05) is 6.92 Å². The summed E-state index contributed by atoms with van der Waals surface area (Å²) in [4.78, 5) is 12.9. The molecule has 0 bridgehead atoms. The second-order valence-electron chi connectivity index (χ2n) is 6.15. The lowest BCUT2D eigenvalue weighted by Crippen LogP contribution is -2.31. The smallest absolute Gasteiger partial charge is 0.243 e. The van der Waals surface area contributed by atoms with Crippen molar-refractivity contribution in [2.24, 2.45) is 0 Å². The zero-order chi connectivity index (χ0) is 18.9. The van der Waals surface area contributed by atoms with Crippen molar-refractivity contribution in [2.45, 2.75) is 24.8 Å². The zero-order valence-corrected chi connectivity index (χ0v) is 15.8. The number of methoxy groups -OCH3 is 2. The number of ether oxygens (including phenoxy) is 2. The van der Waals surface area contributed by atoms with Crippen molar-refractivity contribution < 1.29 is 22.7 Å². The third-order valence-corrected chi connectivity index (χ3v) is 6.39. The van der Waals surface area contributed by atoms with Gasteiger partial charge in [-0.2, -0.15) is 4.31 Å². The molecule has 0 aromatic heterocycles. The number of hydrogen-bond acceptors (Lipinski definition) is 5. The Bertz CT molecular complexity index is 935. The van der Waals surface area contributed by atoms with Crippen molar-refractivity contribution in [2.75, 3.05) is 20.8 Å². The van der Waals surface area contributed by atoms with E-state index in [1.165, 1.54) is 18.5 Å². The highest BCUT2D eigenvalue weighted by Crippen LogP contribution is 2.35. The summed E-state index contributed by atoms with van der Waals surface area (Å²) in [6, 6.07) is 10.0. The summed E-state index contributed by atoms with van der Waals surface area (Å²) in [6.07, 6.45) is 0.0849. The Balaban J connectivity index is 2.09. The van der Waals surface area contributed by atoms with E-state index in [-0.39, 0.29) is 30.2 Å². The Morgan fingerprint density at radius 3 is 2.19 bits per heavy atom. The molecule has 2 aromatic carbocycles. The molecule has 1 aliphatic rings. The largest absolute Gasteiger partial charge is 0.496 e. The summed E-state index contributed by atoms with van der Waals surface area (Å²) in [7, 11) is -0.745. The van der Waals surface area contributed by atoms with E-state index < -0.39 is 10.0 Å². The number of fused-ring (bicyclic) bond motifs is 1. The van der Waals surface area contributed by atoms with Gasteiger partial charge in [-0.05, 0) is 31.2 Å². The van der Waals surface area contributed by atoms with Gasteiger partial charge in [0.05, 0.1) is 24.7 Å². The van der Waals surface area contributed by atoms with Crippen LogP contribution in [0, 0.1) is 6.92 Å². The number of Topliss-reactive ketones (excluding diaryl/α,β-unsaturated/α-hetero) is 1. The summed E-state index contributed by atoms with van der Waals surface area (Å²) in [5.41, 5.74) is 1.91. The molecule has 26 heavy (non-hydrogen) atoms. The molecule has 0 saturated carbocycles. The van der Waals surface area contributed by atoms with Crippen LogP contribution in [0.3, 0.4) is 0 Å². The number of carbonyl (C=O) groups is 1. The number of carbonyl (C=O) groups excluding carboxylic acids is 1. The molecule has 2 aromatic rings. The first-order valence-electron chi connectivity index (χ1n) is 8.22. The van der Waals surface area contributed by atoms with Crippen LogP contribution in [-0.2, 0) is 16.6 Å². The van der Waals surface area contributed by atoms with E-state index in [1.54, 1.807) is 36.4 Å². The third-order valence-electron chi connectivity index (χ3n) is 4.53. The van der Waals surface area contributed by atoms with Crippen LogP contribution in [0.15, 0.2) is 41.3 Å². The van der Waals surface area contributed by atoms with E-state index in [9.17, 15) is 13.2 Å². The van der Waals surface area contributed by atoms with Gasteiger partial charge in [0.1, 0.15) is 11.5 Å². The van der Waals surface area contributed by atoms with Crippen LogP contribution >= 0.6 is 0 Å². The lowest BCUT2D eigenvalue weighted by Gasteiger charge is -2.21. The molecule has 6 nitrogen and oxygen atoms in total. The first-order chi connectivity index (χ1) is 12.4. The first-order valence-corrected chi connectivity index (χ1v) is 9.66. The van der Waals surface area contributed by atoms with Crippen molar-refractivity contribution in [3.8, 4) is 11.5 Å². The molecule has 0 aliphatic carbocycles. The fraction of sp³-hybridized carbons (Fsp3) is 0.316. The zero-order valence-electron chi connectivity index (χ0n) is 15.0. The van der Waals surface area contributed by atoms with Crippen LogP contribution in [0.5, 0.6) is 11.5 Å². The molecule has 0 unspecified atom stereocenters. The minimum absolute atomic E-state index is 0.0532. The highest BCUT2D eigenvalue weighted by atomic mass is 32.2. The number of aryl methyl sites for hydroxylation is 1. The Morgan fingerprint density at radius 2 is 1.58 bits per heavy atom. The molecule has 3 rings (SSSR count). The summed E-state index contributed by atoms with van der Waals surface area (Å²) < 4.78 is 38.1. The van der Waals surface area contributed by atoms with E-state index in [4.69, 9.17) is 9.47 Å². The van der Waals surface area contributed by atoms with Gasteiger partial charge in [-0.1, -0.05) is 17.7 Å². The molecule has 138 valence electrons. The Kier molecular flexibility index (Phi) is 5.02. The van der Waals surface area contributed by atoms with Crippen molar-refractivity contribution in [1.82, 2.24) is 4.31 Å². The number of hydrogen-bond donors (Lipinski definition) is 0. The fourth-order valence-corrected chi connectivity index (χ4v) is 4.51. The second kappa shape index (κ2) is 7.09. The molecule has 0 fully saturated rings. The average Bonchev–Trinajstić information content (AvgIpc) is 2.81. The molecule has 0 atom stereocenters. The van der Waals surface area contributed by atoms with Gasteiger partial charge in [-0.25, -0.2) is 8.42 Å². The van der Waals surface area contributed by atoms with Crippen LogP contribution in [0.25, 0.3) is 0 Å². The lowest BCUT2D eigenvalue weighted by atomic mass is 10.0. The van der Waals surface area contributed by atoms with Crippen molar-refractivity contribution in [3.05, 3.63) is 53.1 Å². The van der Waals surface area contributed by atoms with Crippen LogP contribution in [0.1, 0.15) is 27.9 Å². The van der Waals surface area contributed by atoms with E-state index >= 15 is 0 Å². The van der Waals surface area contributed by atoms with Gasteiger partial charge in [0.2, 0.25) is 10.0 Å². The average molecular weight is 375 g/mol. The number of rotatable bonds is 4. The summed E-state index contributed by atoms with van der Waals surface area (Å²) in [5, 5.41) is 0. The fourth-order valence-electron chi connectivity index (χ4n) is 3.10. The highest BCUT2D eigenvalue weighted by Gasteiger charge is 2.32. The monoisotopic (exact) mass is 375 g/mol. The predicted molar refractivity (Wildman–Crippen MR) is 97.3 cm³/mol. The van der Waals surface area contributed by atoms with Gasteiger partial charge < -0.3 is 9.47 Å². The molecule has 0 spiro atoms. The molecule has 0 N–H and O–H groups in total. The summed E-state index contributed by atoms with van der Waals surface area (Å²) in [5.74, 6) is 0.748. The van der Waals surface area contributed by atoms with Gasteiger partial charge in [-0.15, -0.1) is 0 Å². The molecule has 0 radical (unpaired) electrons. The molecule has 0 amide bonds. The SMILES string of the molecule is COc1ccc(OC)c2c1CN(S(=O)(=O)c1ccc(C)cc1)CCC2=O. The lowest BCUT2D eigenvalue weighted by molar-refractivity contribution is 0.0978. The number of nitrogens with zero attached hydrogens (tertiary/aromatic N) is 1. The van der Waals surface area contributed by atoms with Crippen LogP contribution in [0.2, 0.25) is 0 Å².